The summed E-state index contributed by atoms with van der Waals surface area (Å²) in [6.07, 6.45) is 0. The van der Waals surface area contributed by atoms with Crippen LogP contribution < -0.4 is 4.72 Å². The van der Waals surface area contributed by atoms with Crippen LogP contribution >= 0.6 is 0 Å². The molecule has 25 heavy (non-hydrogen) atoms. The van der Waals surface area contributed by atoms with Crippen molar-refractivity contribution < 1.29 is 18.0 Å². The number of imide groups is 1. The Bertz CT molecular complexity index is 903. The van der Waals surface area contributed by atoms with E-state index in [1.165, 1.54) is 0 Å². The van der Waals surface area contributed by atoms with E-state index < -0.39 is 21.8 Å². The normalized spacial score (nSPS) is 14.0. The van der Waals surface area contributed by atoms with Crippen LogP contribution in [0.1, 0.15) is 31.8 Å². The van der Waals surface area contributed by atoms with Gasteiger partial charge in [-0.1, -0.05) is 36.4 Å². The topological polar surface area (TPSA) is 83.6 Å². The molecule has 1 N–H and O–H groups in total. The van der Waals surface area contributed by atoms with E-state index in [4.69, 9.17) is 0 Å². The van der Waals surface area contributed by atoms with Crippen LogP contribution in [-0.2, 0) is 16.6 Å². The molecule has 0 aliphatic carbocycles. The SMILES string of the molecule is Cc1ccccc1CNS(=O)(=O)CCN1C(=O)c2ccccc2C1=O. The maximum Gasteiger partial charge on any atom is 0.261 e. The lowest BCUT2D eigenvalue weighted by Gasteiger charge is -2.14. The van der Waals surface area contributed by atoms with Crippen LogP contribution in [0.3, 0.4) is 0 Å². The molecule has 2 amide bonds. The van der Waals surface area contributed by atoms with Gasteiger partial charge < -0.3 is 0 Å². The van der Waals surface area contributed by atoms with Gasteiger partial charge >= 0.3 is 0 Å². The quantitative estimate of drug-likeness (QED) is 0.797. The monoisotopic (exact) mass is 358 g/mol. The zero-order chi connectivity index (χ0) is 18.0. The maximum atomic E-state index is 12.2. The minimum absolute atomic E-state index is 0.171. The molecule has 0 radical (unpaired) electrons. The van der Waals surface area contributed by atoms with Crippen molar-refractivity contribution in [1.29, 1.82) is 0 Å². The fraction of sp³-hybridized carbons (Fsp3) is 0.222. The Hall–Kier alpha value is -2.51. The molecular formula is C18H18N2O4S. The van der Waals surface area contributed by atoms with Gasteiger partial charge in [0.15, 0.2) is 0 Å². The standard InChI is InChI=1S/C18H18N2O4S/c1-13-6-2-3-7-14(13)12-19-25(23,24)11-10-20-17(21)15-8-4-5-9-16(15)18(20)22/h2-9,19H,10-12H2,1H3. The fourth-order valence-electron chi connectivity index (χ4n) is 2.72. The second kappa shape index (κ2) is 6.78. The van der Waals surface area contributed by atoms with Gasteiger partial charge in [-0.3, -0.25) is 14.5 Å². The molecule has 0 saturated heterocycles. The Kier molecular flexibility index (Phi) is 4.69. The van der Waals surface area contributed by atoms with Crippen LogP contribution in [0.25, 0.3) is 0 Å². The highest BCUT2D eigenvalue weighted by Crippen LogP contribution is 2.22. The Balaban J connectivity index is 1.62. The molecule has 0 atom stereocenters. The summed E-state index contributed by atoms with van der Waals surface area (Å²) in [4.78, 5) is 25.5. The van der Waals surface area contributed by atoms with Gasteiger partial charge in [-0.25, -0.2) is 13.1 Å². The van der Waals surface area contributed by atoms with E-state index in [2.05, 4.69) is 4.72 Å². The largest absolute Gasteiger partial charge is 0.273 e. The molecule has 1 heterocycles. The number of benzene rings is 2. The Labute approximate surface area is 146 Å². The number of rotatable bonds is 6. The van der Waals surface area contributed by atoms with Crippen molar-refractivity contribution in [2.24, 2.45) is 0 Å². The van der Waals surface area contributed by atoms with Crippen LogP contribution in [0.4, 0.5) is 0 Å². The average Bonchev–Trinajstić information content (AvgIpc) is 2.84. The van der Waals surface area contributed by atoms with Crippen LogP contribution in [0.2, 0.25) is 0 Å². The highest BCUT2D eigenvalue weighted by atomic mass is 32.2. The van der Waals surface area contributed by atoms with E-state index in [1.54, 1.807) is 24.3 Å². The van der Waals surface area contributed by atoms with Crippen molar-refractivity contribution in [3.63, 3.8) is 0 Å². The number of hydrogen-bond donors (Lipinski definition) is 1. The lowest BCUT2D eigenvalue weighted by atomic mass is 10.1. The molecule has 3 rings (SSSR count). The highest BCUT2D eigenvalue weighted by Gasteiger charge is 2.35. The predicted molar refractivity (Wildman–Crippen MR) is 93.6 cm³/mol. The van der Waals surface area contributed by atoms with Crippen molar-refractivity contribution in [3.05, 3.63) is 70.8 Å². The first-order valence-corrected chi connectivity index (χ1v) is 9.51. The van der Waals surface area contributed by atoms with Gasteiger partial charge in [0.1, 0.15) is 0 Å². The molecule has 0 aromatic heterocycles. The molecule has 0 saturated carbocycles. The summed E-state index contributed by atoms with van der Waals surface area (Å²) in [6.45, 7) is 1.91. The summed E-state index contributed by atoms with van der Waals surface area (Å²) in [5.41, 5.74) is 2.51. The fourth-order valence-corrected chi connectivity index (χ4v) is 3.66. The average molecular weight is 358 g/mol. The molecule has 2 aromatic carbocycles. The minimum atomic E-state index is -3.61. The highest BCUT2D eigenvalue weighted by molar-refractivity contribution is 7.89. The first-order valence-electron chi connectivity index (χ1n) is 7.86. The number of carbonyl (C=O) groups is 2. The van der Waals surface area contributed by atoms with E-state index >= 15 is 0 Å². The van der Waals surface area contributed by atoms with E-state index in [1.807, 2.05) is 31.2 Å². The molecule has 1 aliphatic rings. The van der Waals surface area contributed by atoms with Gasteiger partial charge in [-0.05, 0) is 30.2 Å². The summed E-state index contributed by atoms with van der Waals surface area (Å²) in [5.74, 6) is -1.23. The Morgan fingerprint density at radius 1 is 0.920 bits per heavy atom. The van der Waals surface area contributed by atoms with Gasteiger partial charge in [0.2, 0.25) is 10.0 Å². The second-order valence-electron chi connectivity index (χ2n) is 5.87. The van der Waals surface area contributed by atoms with Gasteiger partial charge in [-0.15, -0.1) is 0 Å². The lowest BCUT2D eigenvalue weighted by molar-refractivity contribution is 0.0664. The van der Waals surface area contributed by atoms with Gasteiger partial charge in [0.25, 0.3) is 11.8 Å². The van der Waals surface area contributed by atoms with E-state index in [-0.39, 0.29) is 18.8 Å². The van der Waals surface area contributed by atoms with Crippen molar-refractivity contribution >= 4 is 21.8 Å². The second-order valence-corrected chi connectivity index (χ2v) is 7.80. The number of hydrogen-bond acceptors (Lipinski definition) is 4. The summed E-state index contributed by atoms with van der Waals surface area (Å²) in [6, 6.07) is 14.0. The first kappa shape index (κ1) is 17.3. The molecule has 130 valence electrons. The number of nitrogens with zero attached hydrogens (tertiary/aromatic N) is 1. The van der Waals surface area contributed by atoms with Crippen LogP contribution in [0.5, 0.6) is 0 Å². The number of nitrogens with one attached hydrogen (secondary N) is 1. The third-order valence-corrected chi connectivity index (χ3v) is 5.51. The lowest BCUT2D eigenvalue weighted by Crippen LogP contribution is -2.37. The molecular weight excluding hydrogens is 340 g/mol. The molecule has 1 aliphatic heterocycles. The van der Waals surface area contributed by atoms with Crippen molar-refractivity contribution in [2.75, 3.05) is 12.3 Å². The summed E-state index contributed by atoms with van der Waals surface area (Å²) in [5, 5.41) is 0. The van der Waals surface area contributed by atoms with Crippen molar-refractivity contribution in [2.45, 2.75) is 13.5 Å². The van der Waals surface area contributed by atoms with Crippen LogP contribution in [-0.4, -0.2) is 37.4 Å². The Morgan fingerprint density at radius 2 is 1.48 bits per heavy atom. The van der Waals surface area contributed by atoms with Crippen LogP contribution in [0.15, 0.2) is 48.5 Å². The van der Waals surface area contributed by atoms with Crippen molar-refractivity contribution in [1.82, 2.24) is 9.62 Å². The number of carbonyl (C=O) groups excluding carboxylic acids is 2. The first-order chi connectivity index (χ1) is 11.9. The molecule has 0 spiro atoms. The third kappa shape index (κ3) is 3.62. The smallest absolute Gasteiger partial charge is 0.261 e. The Morgan fingerprint density at radius 3 is 2.08 bits per heavy atom. The molecule has 0 bridgehead atoms. The van der Waals surface area contributed by atoms with Crippen molar-refractivity contribution in [3.8, 4) is 0 Å². The molecule has 6 nitrogen and oxygen atoms in total. The van der Waals surface area contributed by atoms with Crippen LogP contribution in [0, 0.1) is 6.92 Å². The minimum Gasteiger partial charge on any atom is -0.273 e. The molecule has 0 fully saturated rings. The third-order valence-electron chi connectivity index (χ3n) is 4.21. The summed E-state index contributed by atoms with van der Waals surface area (Å²) >= 11 is 0. The maximum absolute atomic E-state index is 12.2. The molecule has 7 heteroatoms. The number of fused-ring (bicyclic) bond motifs is 1. The molecule has 2 aromatic rings. The molecule has 0 unspecified atom stereocenters. The van der Waals surface area contributed by atoms with Gasteiger partial charge in [-0.2, -0.15) is 0 Å². The number of aryl methyl sites for hydroxylation is 1. The van der Waals surface area contributed by atoms with E-state index in [0.717, 1.165) is 16.0 Å². The van der Waals surface area contributed by atoms with E-state index in [9.17, 15) is 18.0 Å². The van der Waals surface area contributed by atoms with Gasteiger partial charge in [0.05, 0.1) is 16.9 Å². The van der Waals surface area contributed by atoms with E-state index in [0.29, 0.717) is 11.1 Å². The summed E-state index contributed by atoms with van der Waals surface area (Å²) in [7, 11) is -3.61. The predicted octanol–water partition coefficient (Wildman–Crippen LogP) is 1.71. The van der Waals surface area contributed by atoms with Gasteiger partial charge in [0, 0.05) is 13.1 Å². The number of amides is 2. The number of sulfonamides is 1. The summed E-state index contributed by atoms with van der Waals surface area (Å²) < 4.78 is 26.9. The zero-order valence-corrected chi connectivity index (χ0v) is 14.5. The zero-order valence-electron chi connectivity index (χ0n) is 13.7.